The summed E-state index contributed by atoms with van der Waals surface area (Å²) in [6, 6.07) is 23.2. The van der Waals surface area contributed by atoms with Gasteiger partial charge in [0.2, 0.25) is 0 Å². The van der Waals surface area contributed by atoms with Crippen molar-refractivity contribution >= 4 is 23.1 Å². The third-order valence-corrected chi connectivity index (χ3v) is 5.93. The van der Waals surface area contributed by atoms with E-state index < -0.39 is 17.4 Å². The van der Waals surface area contributed by atoms with Crippen molar-refractivity contribution in [3.8, 4) is 11.8 Å². The maximum atomic E-state index is 13.9. The van der Waals surface area contributed by atoms with Crippen LogP contribution in [0.15, 0.2) is 78.0 Å². The maximum Gasteiger partial charge on any atom is 0.277 e. The molecule has 0 aliphatic carbocycles. The highest BCUT2D eigenvalue weighted by Gasteiger charge is 2.63. The molecule has 0 bridgehead atoms. The Morgan fingerprint density at radius 2 is 1.85 bits per heavy atom. The Bertz CT molecular complexity index is 1340. The summed E-state index contributed by atoms with van der Waals surface area (Å²) in [6.07, 6.45) is 0. The van der Waals surface area contributed by atoms with Gasteiger partial charge in [-0.15, -0.1) is 0 Å². The lowest BCUT2D eigenvalue weighted by atomic mass is 9.74. The number of Topliss-reactive ketones (excluding diaryl/α,β-unsaturated/α-hetero) is 1. The van der Waals surface area contributed by atoms with Crippen molar-refractivity contribution in [3.05, 3.63) is 95.1 Å². The molecule has 0 radical (unpaired) electrons. The standard InChI is InChI=1S/C26H19N3O4/c1-16-10-12-17(13-11-16)24(30)22-23(18-6-2-5-9-21(18)32-15-14-27)29-33-26(22)19-7-3-4-8-20(19)28-25(26)31/h2-13,22H,15H2,1H3,(H,28,31)/t22-,26+/m1/s1. The fourth-order valence-electron chi connectivity index (χ4n) is 4.36. The number of oxime groups is 1. The molecule has 33 heavy (non-hydrogen) atoms. The lowest BCUT2D eigenvalue weighted by molar-refractivity contribution is -0.140. The fourth-order valence-corrected chi connectivity index (χ4v) is 4.36. The Balaban J connectivity index is 1.69. The summed E-state index contributed by atoms with van der Waals surface area (Å²) >= 11 is 0. The minimum Gasteiger partial charge on any atom is -0.478 e. The number of amides is 1. The molecule has 7 nitrogen and oxygen atoms in total. The number of nitrogens with zero attached hydrogens (tertiary/aromatic N) is 2. The number of rotatable bonds is 5. The van der Waals surface area contributed by atoms with Crippen molar-refractivity contribution in [2.45, 2.75) is 12.5 Å². The predicted octanol–water partition coefficient (Wildman–Crippen LogP) is 3.98. The van der Waals surface area contributed by atoms with Gasteiger partial charge in [0.25, 0.3) is 11.5 Å². The second-order valence-corrected chi connectivity index (χ2v) is 7.91. The zero-order valence-corrected chi connectivity index (χ0v) is 17.7. The van der Waals surface area contributed by atoms with Gasteiger partial charge in [-0.2, -0.15) is 5.26 Å². The normalized spacial score (nSPS) is 20.4. The lowest BCUT2D eigenvalue weighted by Gasteiger charge is -2.27. The number of nitrogens with one attached hydrogen (secondary N) is 1. The summed E-state index contributed by atoms with van der Waals surface area (Å²) < 4.78 is 5.59. The molecule has 1 amide bonds. The molecular weight excluding hydrogens is 418 g/mol. The second kappa shape index (κ2) is 7.92. The number of anilines is 1. The molecule has 0 unspecified atom stereocenters. The van der Waals surface area contributed by atoms with Crippen LogP contribution in [0.5, 0.6) is 5.75 Å². The number of ether oxygens (including phenoxy) is 1. The van der Waals surface area contributed by atoms with Gasteiger partial charge in [0.1, 0.15) is 23.4 Å². The Labute approximate surface area is 190 Å². The van der Waals surface area contributed by atoms with Gasteiger partial charge in [-0.1, -0.05) is 65.3 Å². The first-order chi connectivity index (χ1) is 16.1. The quantitative estimate of drug-likeness (QED) is 0.609. The number of nitriles is 1. The van der Waals surface area contributed by atoms with E-state index in [0.29, 0.717) is 28.1 Å². The number of hydrogen-bond donors (Lipinski definition) is 1. The van der Waals surface area contributed by atoms with Gasteiger partial charge in [-0.05, 0) is 25.1 Å². The number of para-hydroxylation sites is 2. The van der Waals surface area contributed by atoms with E-state index in [0.717, 1.165) is 5.56 Å². The molecule has 3 aromatic rings. The number of hydrogen-bond acceptors (Lipinski definition) is 6. The van der Waals surface area contributed by atoms with E-state index in [1.807, 2.05) is 25.1 Å². The molecule has 3 aromatic carbocycles. The molecule has 5 rings (SSSR count). The highest BCUT2D eigenvalue weighted by molar-refractivity contribution is 6.25. The molecule has 0 saturated heterocycles. The summed E-state index contributed by atoms with van der Waals surface area (Å²) in [4.78, 5) is 33.2. The van der Waals surface area contributed by atoms with Crippen molar-refractivity contribution in [3.63, 3.8) is 0 Å². The van der Waals surface area contributed by atoms with E-state index in [1.54, 1.807) is 60.7 Å². The first-order valence-electron chi connectivity index (χ1n) is 10.4. The van der Waals surface area contributed by atoms with E-state index >= 15 is 0 Å². The SMILES string of the molecule is Cc1ccc(C(=O)[C@H]2C(c3ccccc3OCC#N)=NO[C@]23C(=O)Nc2ccccc23)cc1. The fraction of sp³-hybridized carbons (Fsp3) is 0.154. The summed E-state index contributed by atoms with van der Waals surface area (Å²) in [7, 11) is 0. The first-order valence-corrected chi connectivity index (χ1v) is 10.4. The minimum absolute atomic E-state index is 0.170. The van der Waals surface area contributed by atoms with Gasteiger partial charge < -0.3 is 14.9 Å². The highest BCUT2D eigenvalue weighted by atomic mass is 16.7. The van der Waals surface area contributed by atoms with Crippen molar-refractivity contribution in [1.82, 2.24) is 0 Å². The van der Waals surface area contributed by atoms with Crippen LogP contribution in [0, 0.1) is 24.2 Å². The number of ketones is 1. The van der Waals surface area contributed by atoms with Crippen LogP contribution in [0.4, 0.5) is 5.69 Å². The zero-order valence-electron chi connectivity index (χ0n) is 17.7. The van der Waals surface area contributed by atoms with Gasteiger partial charge in [-0.25, -0.2) is 0 Å². The average molecular weight is 437 g/mol. The van der Waals surface area contributed by atoms with Crippen LogP contribution in [0.1, 0.15) is 27.0 Å². The molecular formula is C26H19N3O4. The van der Waals surface area contributed by atoms with Crippen molar-refractivity contribution < 1.29 is 19.2 Å². The number of carbonyl (C=O) groups is 2. The molecule has 0 fully saturated rings. The molecule has 162 valence electrons. The van der Waals surface area contributed by atoms with Gasteiger partial charge in [0.15, 0.2) is 12.4 Å². The minimum atomic E-state index is -1.64. The molecule has 2 atom stereocenters. The van der Waals surface area contributed by atoms with E-state index in [4.69, 9.17) is 14.8 Å². The van der Waals surface area contributed by atoms with Crippen LogP contribution < -0.4 is 10.1 Å². The Hall–Kier alpha value is -4.44. The second-order valence-electron chi connectivity index (χ2n) is 7.91. The molecule has 7 heteroatoms. The zero-order chi connectivity index (χ0) is 23.0. The number of aryl methyl sites for hydroxylation is 1. The molecule has 2 aliphatic heterocycles. The van der Waals surface area contributed by atoms with Crippen LogP contribution in [-0.2, 0) is 15.2 Å². The van der Waals surface area contributed by atoms with Gasteiger partial charge >= 0.3 is 0 Å². The number of benzene rings is 3. The van der Waals surface area contributed by atoms with Gasteiger partial charge in [0.05, 0.1) is 0 Å². The Morgan fingerprint density at radius 3 is 2.64 bits per heavy atom. The largest absolute Gasteiger partial charge is 0.478 e. The summed E-state index contributed by atoms with van der Waals surface area (Å²) in [5.74, 6) is -1.43. The van der Waals surface area contributed by atoms with Crippen LogP contribution in [0.2, 0.25) is 0 Å². The van der Waals surface area contributed by atoms with Crippen LogP contribution in [0.25, 0.3) is 0 Å². The van der Waals surface area contributed by atoms with Crippen molar-refractivity contribution in [1.29, 1.82) is 5.26 Å². The van der Waals surface area contributed by atoms with Crippen molar-refractivity contribution in [2.75, 3.05) is 11.9 Å². The molecule has 2 aliphatic rings. The molecule has 1 spiro atoms. The van der Waals surface area contributed by atoms with Crippen LogP contribution in [-0.4, -0.2) is 24.0 Å². The van der Waals surface area contributed by atoms with Gasteiger partial charge in [-0.3, -0.25) is 9.59 Å². The van der Waals surface area contributed by atoms with E-state index in [1.165, 1.54) is 0 Å². The Kier molecular flexibility index (Phi) is 4.91. The van der Waals surface area contributed by atoms with Crippen LogP contribution >= 0.6 is 0 Å². The molecule has 0 aromatic heterocycles. The molecule has 0 saturated carbocycles. The molecule has 1 N–H and O–H groups in total. The lowest BCUT2D eigenvalue weighted by Crippen LogP contribution is -2.46. The monoisotopic (exact) mass is 437 g/mol. The van der Waals surface area contributed by atoms with Gasteiger partial charge in [0, 0.05) is 22.4 Å². The van der Waals surface area contributed by atoms with E-state index in [2.05, 4.69) is 10.5 Å². The first kappa shape index (κ1) is 20.5. The number of carbonyl (C=O) groups excluding carboxylic acids is 2. The topological polar surface area (TPSA) is 101 Å². The number of fused-ring (bicyclic) bond motifs is 2. The molecule has 2 heterocycles. The van der Waals surface area contributed by atoms with Crippen LogP contribution in [0.3, 0.4) is 0 Å². The van der Waals surface area contributed by atoms with Crippen molar-refractivity contribution in [2.24, 2.45) is 11.1 Å². The third kappa shape index (κ3) is 3.15. The van der Waals surface area contributed by atoms with E-state index in [-0.39, 0.29) is 18.1 Å². The predicted molar refractivity (Wildman–Crippen MR) is 121 cm³/mol. The average Bonchev–Trinajstić information content (AvgIpc) is 3.37. The Morgan fingerprint density at radius 1 is 1.12 bits per heavy atom. The third-order valence-electron chi connectivity index (χ3n) is 5.93. The maximum absolute atomic E-state index is 13.9. The summed E-state index contributed by atoms with van der Waals surface area (Å²) in [5, 5.41) is 16.1. The smallest absolute Gasteiger partial charge is 0.277 e. The highest BCUT2D eigenvalue weighted by Crippen LogP contribution is 2.50. The summed E-state index contributed by atoms with van der Waals surface area (Å²) in [5.41, 5.74) is 1.71. The summed E-state index contributed by atoms with van der Waals surface area (Å²) in [6.45, 7) is 1.76. The van der Waals surface area contributed by atoms with E-state index in [9.17, 15) is 9.59 Å².